The lowest BCUT2D eigenvalue weighted by Gasteiger charge is -2.29. The first-order valence-corrected chi connectivity index (χ1v) is 10.8. The van der Waals surface area contributed by atoms with Gasteiger partial charge in [-0.05, 0) is 56.9 Å². The molecule has 2 aromatic carbocycles. The molecule has 5 nitrogen and oxygen atoms in total. The van der Waals surface area contributed by atoms with Crippen LogP contribution in [0.3, 0.4) is 0 Å². The van der Waals surface area contributed by atoms with E-state index in [1.807, 2.05) is 62.4 Å². The molecule has 1 saturated carbocycles. The van der Waals surface area contributed by atoms with Gasteiger partial charge in [0.25, 0.3) is 5.91 Å². The largest absolute Gasteiger partial charge is 0.484 e. The highest BCUT2D eigenvalue weighted by Crippen LogP contribution is 2.19. The highest BCUT2D eigenvalue weighted by molar-refractivity contribution is 5.88. The lowest BCUT2D eigenvalue weighted by atomic mass is 10.1. The molecular formula is C25H32N2O3. The molecule has 1 N–H and O–H groups in total. The molecule has 2 aromatic rings. The van der Waals surface area contributed by atoms with Gasteiger partial charge >= 0.3 is 0 Å². The molecule has 2 amide bonds. The Morgan fingerprint density at radius 3 is 2.40 bits per heavy atom. The van der Waals surface area contributed by atoms with Crippen molar-refractivity contribution in [3.8, 4) is 5.75 Å². The van der Waals surface area contributed by atoms with Gasteiger partial charge in [0.1, 0.15) is 11.8 Å². The second-order valence-electron chi connectivity index (χ2n) is 8.28. The first-order valence-electron chi connectivity index (χ1n) is 10.8. The molecule has 0 aromatic heterocycles. The number of carbonyl (C=O) groups excluding carboxylic acids is 2. The first kappa shape index (κ1) is 21.9. The van der Waals surface area contributed by atoms with E-state index < -0.39 is 6.04 Å². The Hall–Kier alpha value is -2.82. The third-order valence-corrected chi connectivity index (χ3v) is 5.66. The Bertz CT molecular complexity index is 874. The number of hydrogen-bond acceptors (Lipinski definition) is 3. The van der Waals surface area contributed by atoms with Gasteiger partial charge in [-0.1, -0.05) is 54.8 Å². The van der Waals surface area contributed by atoms with Gasteiger partial charge in [0.15, 0.2) is 6.61 Å². The SMILES string of the molecule is Cc1cccc(CN(C(=O)COc2cccc(C)c2)[C@@H](C)C(=O)NC2CCCC2)c1. The van der Waals surface area contributed by atoms with Crippen molar-refractivity contribution in [2.45, 2.75) is 65.1 Å². The number of aryl methyl sites for hydroxylation is 2. The fourth-order valence-corrected chi connectivity index (χ4v) is 3.91. The maximum atomic E-state index is 13.1. The Balaban J connectivity index is 1.71. The van der Waals surface area contributed by atoms with Crippen LogP contribution in [0, 0.1) is 13.8 Å². The number of hydrogen-bond donors (Lipinski definition) is 1. The molecule has 30 heavy (non-hydrogen) atoms. The lowest BCUT2D eigenvalue weighted by Crippen LogP contribution is -2.50. The second-order valence-corrected chi connectivity index (χ2v) is 8.28. The molecule has 0 spiro atoms. The summed E-state index contributed by atoms with van der Waals surface area (Å²) in [5.41, 5.74) is 3.19. The zero-order valence-electron chi connectivity index (χ0n) is 18.2. The van der Waals surface area contributed by atoms with Crippen LogP contribution in [-0.4, -0.2) is 35.4 Å². The summed E-state index contributed by atoms with van der Waals surface area (Å²) in [6.07, 6.45) is 4.33. The highest BCUT2D eigenvalue weighted by atomic mass is 16.5. The Morgan fingerprint density at radius 1 is 1.07 bits per heavy atom. The van der Waals surface area contributed by atoms with Crippen molar-refractivity contribution in [2.75, 3.05) is 6.61 Å². The fourth-order valence-electron chi connectivity index (χ4n) is 3.91. The molecule has 3 rings (SSSR count). The van der Waals surface area contributed by atoms with E-state index in [-0.39, 0.29) is 24.5 Å². The van der Waals surface area contributed by atoms with E-state index in [9.17, 15) is 9.59 Å². The molecular weight excluding hydrogens is 376 g/mol. The lowest BCUT2D eigenvalue weighted by molar-refractivity contribution is -0.142. The second kappa shape index (κ2) is 10.3. The summed E-state index contributed by atoms with van der Waals surface area (Å²) in [7, 11) is 0. The number of nitrogens with zero attached hydrogens (tertiary/aromatic N) is 1. The molecule has 1 atom stereocenters. The van der Waals surface area contributed by atoms with E-state index in [4.69, 9.17) is 4.74 Å². The molecule has 0 saturated heterocycles. The van der Waals surface area contributed by atoms with Gasteiger partial charge in [-0.25, -0.2) is 0 Å². The molecule has 0 bridgehead atoms. The van der Waals surface area contributed by atoms with Crippen LogP contribution in [0.1, 0.15) is 49.3 Å². The number of rotatable bonds is 8. The molecule has 0 radical (unpaired) electrons. The first-order chi connectivity index (χ1) is 14.4. The van der Waals surface area contributed by atoms with E-state index in [2.05, 4.69) is 5.32 Å². The van der Waals surface area contributed by atoms with Gasteiger partial charge in [0.05, 0.1) is 0 Å². The molecule has 1 aliphatic rings. The average Bonchev–Trinajstić information content (AvgIpc) is 3.23. The number of nitrogens with one attached hydrogen (secondary N) is 1. The van der Waals surface area contributed by atoms with E-state index in [0.29, 0.717) is 12.3 Å². The van der Waals surface area contributed by atoms with Crippen LogP contribution in [0.15, 0.2) is 48.5 Å². The smallest absolute Gasteiger partial charge is 0.261 e. The van der Waals surface area contributed by atoms with Crippen molar-refractivity contribution in [1.29, 1.82) is 0 Å². The normalized spacial score (nSPS) is 14.9. The summed E-state index contributed by atoms with van der Waals surface area (Å²) in [5, 5.41) is 3.12. The van der Waals surface area contributed by atoms with Crippen LogP contribution in [0.5, 0.6) is 5.75 Å². The van der Waals surface area contributed by atoms with Crippen molar-refractivity contribution >= 4 is 11.8 Å². The molecule has 0 aliphatic heterocycles. The minimum absolute atomic E-state index is 0.0986. The van der Waals surface area contributed by atoms with Gasteiger partial charge in [-0.3, -0.25) is 9.59 Å². The van der Waals surface area contributed by atoms with Gasteiger partial charge in [0.2, 0.25) is 5.91 Å². The van der Waals surface area contributed by atoms with Crippen molar-refractivity contribution < 1.29 is 14.3 Å². The van der Waals surface area contributed by atoms with Gasteiger partial charge in [-0.2, -0.15) is 0 Å². The van der Waals surface area contributed by atoms with E-state index in [0.717, 1.165) is 42.4 Å². The van der Waals surface area contributed by atoms with Crippen LogP contribution in [0.25, 0.3) is 0 Å². The predicted molar refractivity (Wildman–Crippen MR) is 118 cm³/mol. The van der Waals surface area contributed by atoms with Crippen molar-refractivity contribution in [2.24, 2.45) is 0 Å². The van der Waals surface area contributed by atoms with Crippen molar-refractivity contribution in [1.82, 2.24) is 10.2 Å². The van der Waals surface area contributed by atoms with Gasteiger partial charge < -0.3 is 15.0 Å². The van der Waals surface area contributed by atoms with E-state index in [1.165, 1.54) is 0 Å². The van der Waals surface area contributed by atoms with Crippen LogP contribution < -0.4 is 10.1 Å². The van der Waals surface area contributed by atoms with Crippen LogP contribution in [-0.2, 0) is 16.1 Å². The molecule has 160 valence electrons. The van der Waals surface area contributed by atoms with Crippen LogP contribution in [0.4, 0.5) is 0 Å². The zero-order chi connectivity index (χ0) is 21.5. The summed E-state index contributed by atoms with van der Waals surface area (Å²) in [5.74, 6) is 0.354. The standard InChI is InChI=1S/C25H32N2O3/c1-18-8-6-10-21(14-18)16-27(20(3)25(29)26-22-11-4-5-12-22)24(28)17-30-23-13-7-9-19(2)15-23/h6-10,13-15,20,22H,4-5,11-12,16-17H2,1-3H3,(H,26,29)/t20-/m0/s1. The summed E-state index contributed by atoms with van der Waals surface area (Å²) < 4.78 is 5.73. The summed E-state index contributed by atoms with van der Waals surface area (Å²) in [6.45, 7) is 6.07. The number of amides is 2. The third kappa shape index (κ3) is 6.09. The van der Waals surface area contributed by atoms with Crippen LogP contribution >= 0.6 is 0 Å². The Kier molecular flexibility index (Phi) is 7.50. The topological polar surface area (TPSA) is 58.6 Å². The Morgan fingerprint density at radius 2 is 1.73 bits per heavy atom. The number of carbonyl (C=O) groups is 2. The van der Waals surface area contributed by atoms with Crippen LogP contribution in [0.2, 0.25) is 0 Å². The molecule has 0 unspecified atom stereocenters. The summed E-state index contributed by atoms with van der Waals surface area (Å²) in [4.78, 5) is 27.6. The minimum atomic E-state index is -0.570. The molecule has 0 heterocycles. The maximum Gasteiger partial charge on any atom is 0.261 e. The summed E-state index contributed by atoms with van der Waals surface area (Å²) >= 11 is 0. The van der Waals surface area contributed by atoms with Gasteiger partial charge in [0, 0.05) is 12.6 Å². The highest BCUT2D eigenvalue weighted by Gasteiger charge is 2.28. The minimum Gasteiger partial charge on any atom is -0.484 e. The molecule has 1 aliphatic carbocycles. The zero-order valence-corrected chi connectivity index (χ0v) is 18.2. The maximum absolute atomic E-state index is 13.1. The van der Waals surface area contributed by atoms with E-state index >= 15 is 0 Å². The number of ether oxygens (including phenoxy) is 1. The van der Waals surface area contributed by atoms with Gasteiger partial charge in [-0.15, -0.1) is 0 Å². The third-order valence-electron chi connectivity index (χ3n) is 5.66. The monoisotopic (exact) mass is 408 g/mol. The van der Waals surface area contributed by atoms with Crippen molar-refractivity contribution in [3.05, 3.63) is 65.2 Å². The van der Waals surface area contributed by atoms with E-state index in [1.54, 1.807) is 11.8 Å². The molecule has 5 heteroatoms. The number of benzene rings is 2. The quantitative estimate of drug-likeness (QED) is 0.714. The van der Waals surface area contributed by atoms with Crippen molar-refractivity contribution in [3.63, 3.8) is 0 Å². The summed E-state index contributed by atoms with van der Waals surface area (Å²) in [6, 6.07) is 15.3. The molecule has 1 fully saturated rings. The average molecular weight is 409 g/mol. The predicted octanol–water partition coefficient (Wildman–Crippen LogP) is 4.16. The Labute approximate surface area is 179 Å². The fraction of sp³-hybridized carbons (Fsp3) is 0.440.